The molecule has 0 saturated heterocycles. The third kappa shape index (κ3) is 4.49. The number of aromatic nitrogens is 1. The molecule has 1 amide bonds. The summed E-state index contributed by atoms with van der Waals surface area (Å²) in [5.41, 5.74) is 4.36. The molecule has 1 aromatic heterocycles. The van der Waals surface area contributed by atoms with Crippen molar-refractivity contribution in [3.8, 4) is 11.5 Å². The monoisotopic (exact) mass is 376 g/mol. The van der Waals surface area contributed by atoms with Crippen molar-refractivity contribution in [3.63, 3.8) is 0 Å². The number of para-hydroxylation sites is 2. The summed E-state index contributed by atoms with van der Waals surface area (Å²) in [7, 11) is 0. The largest absolute Gasteiger partial charge is 0.506 e. The lowest BCUT2D eigenvalue weighted by atomic mass is 10.1. The van der Waals surface area contributed by atoms with E-state index in [9.17, 15) is 9.90 Å². The summed E-state index contributed by atoms with van der Waals surface area (Å²) >= 11 is 0. The van der Waals surface area contributed by atoms with Crippen molar-refractivity contribution in [2.75, 3.05) is 11.5 Å². The van der Waals surface area contributed by atoms with Crippen LogP contribution in [-0.2, 0) is 11.3 Å². The first kappa shape index (κ1) is 19.4. The molecule has 0 atom stereocenters. The summed E-state index contributed by atoms with van der Waals surface area (Å²) < 4.78 is 5.85. The minimum atomic E-state index is -0.259. The van der Waals surface area contributed by atoms with Crippen LogP contribution in [0.25, 0.3) is 0 Å². The highest BCUT2D eigenvalue weighted by atomic mass is 16.5. The molecule has 0 saturated carbocycles. The Morgan fingerprint density at radius 2 is 1.82 bits per heavy atom. The van der Waals surface area contributed by atoms with Gasteiger partial charge in [-0.25, -0.2) is 0 Å². The molecular formula is C23H24N2O3. The highest BCUT2D eigenvalue weighted by Crippen LogP contribution is 2.28. The van der Waals surface area contributed by atoms with Crippen molar-refractivity contribution in [2.45, 2.75) is 27.3 Å². The van der Waals surface area contributed by atoms with E-state index in [0.29, 0.717) is 11.4 Å². The van der Waals surface area contributed by atoms with E-state index in [1.165, 1.54) is 4.90 Å². The average Bonchev–Trinajstić information content (AvgIpc) is 2.69. The lowest BCUT2D eigenvalue weighted by Gasteiger charge is -2.24. The number of hydrogen-bond acceptors (Lipinski definition) is 4. The van der Waals surface area contributed by atoms with Crippen molar-refractivity contribution in [1.82, 2.24) is 4.98 Å². The van der Waals surface area contributed by atoms with E-state index in [0.717, 1.165) is 22.4 Å². The Morgan fingerprint density at radius 1 is 1.07 bits per heavy atom. The van der Waals surface area contributed by atoms with Crippen molar-refractivity contribution in [2.24, 2.45) is 0 Å². The Kier molecular flexibility index (Phi) is 5.94. The molecule has 1 N–H and O–H groups in total. The Bertz CT molecular complexity index is 971. The zero-order chi connectivity index (χ0) is 20.1. The molecule has 0 spiro atoms. The topological polar surface area (TPSA) is 62.7 Å². The van der Waals surface area contributed by atoms with Crippen molar-refractivity contribution in [1.29, 1.82) is 0 Å². The van der Waals surface area contributed by atoms with E-state index in [1.54, 1.807) is 30.5 Å². The Morgan fingerprint density at radius 3 is 2.54 bits per heavy atom. The quantitative estimate of drug-likeness (QED) is 0.696. The van der Waals surface area contributed by atoms with Crippen LogP contribution in [-0.4, -0.2) is 22.6 Å². The number of carbonyl (C=O) groups is 1. The fourth-order valence-electron chi connectivity index (χ4n) is 3.02. The molecule has 0 bridgehead atoms. The van der Waals surface area contributed by atoms with Gasteiger partial charge >= 0.3 is 0 Å². The molecule has 0 aliphatic rings. The molecular weight excluding hydrogens is 352 g/mol. The van der Waals surface area contributed by atoms with Gasteiger partial charge in [0.1, 0.15) is 11.5 Å². The van der Waals surface area contributed by atoms with Crippen LogP contribution in [0, 0.1) is 20.8 Å². The fourth-order valence-corrected chi connectivity index (χ4v) is 3.02. The molecule has 28 heavy (non-hydrogen) atoms. The van der Waals surface area contributed by atoms with Crippen LogP contribution in [0.3, 0.4) is 0 Å². The maximum absolute atomic E-state index is 13.0. The van der Waals surface area contributed by atoms with Gasteiger partial charge in [0.05, 0.1) is 17.9 Å². The predicted octanol–water partition coefficient (Wildman–Crippen LogP) is 4.32. The second-order valence-corrected chi connectivity index (χ2v) is 6.78. The van der Waals surface area contributed by atoms with Gasteiger partial charge in [-0.05, 0) is 67.8 Å². The van der Waals surface area contributed by atoms with Gasteiger partial charge in [0.2, 0.25) is 0 Å². The third-order valence-corrected chi connectivity index (χ3v) is 4.64. The van der Waals surface area contributed by atoms with Gasteiger partial charge in [-0.1, -0.05) is 24.3 Å². The molecule has 1 heterocycles. The molecule has 0 radical (unpaired) electrons. The number of carbonyl (C=O) groups excluding carboxylic acids is 1. The van der Waals surface area contributed by atoms with Gasteiger partial charge in [-0.2, -0.15) is 0 Å². The van der Waals surface area contributed by atoms with Crippen molar-refractivity contribution in [3.05, 3.63) is 83.2 Å². The summed E-state index contributed by atoms with van der Waals surface area (Å²) in [4.78, 5) is 18.8. The number of aromatic hydroxyl groups is 1. The van der Waals surface area contributed by atoms with Crippen LogP contribution >= 0.6 is 0 Å². The van der Waals surface area contributed by atoms with E-state index in [4.69, 9.17) is 4.74 Å². The molecule has 0 aliphatic carbocycles. The van der Waals surface area contributed by atoms with Gasteiger partial charge < -0.3 is 9.84 Å². The zero-order valence-corrected chi connectivity index (χ0v) is 16.3. The van der Waals surface area contributed by atoms with Gasteiger partial charge in [0.25, 0.3) is 5.91 Å². The molecule has 3 rings (SSSR count). The molecule has 5 nitrogen and oxygen atoms in total. The minimum absolute atomic E-state index is 0.0364. The molecule has 2 aromatic carbocycles. The number of nitrogens with zero attached hydrogens (tertiary/aromatic N) is 2. The first-order valence-corrected chi connectivity index (χ1v) is 9.14. The van der Waals surface area contributed by atoms with Crippen LogP contribution in [0.15, 0.2) is 60.8 Å². The molecule has 0 aliphatic heterocycles. The van der Waals surface area contributed by atoms with Crippen molar-refractivity contribution < 1.29 is 14.6 Å². The smallest absolute Gasteiger partial charge is 0.265 e. The van der Waals surface area contributed by atoms with Crippen LogP contribution in [0.1, 0.15) is 22.4 Å². The lowest BCUT2D eigenvalue weighted by molar-refractivity contribution is -0.120. The van der Waals surface area contributed by atoms with Crippen molar-refractivity contribution >= 4 is 11.6 Å². The van der Waals surface area contributed by atoms with Gasteiger partial charge in [-0.15, -0.1) is 0 Å². The van der Waals surface area contributed by atoms with Crippen LogP contribution in [0.4, 0.5) is 5.69 Å². The molecule has 0 fully saturated rings. The zero-order valence-electron chi connectivity index (χ0n) is 16.3. The van der Waals surface area contributed by atoms with Gasteiger partial charge in [0, 0.05) is 6.20 Å². The van der Waals surface area contributed by atoms with Gasteiger partial charge in [0.15, 0.2) is 6.61 Å². The Labute approximate surface area is 165 Å². The molecule has 0 unspecified atom stereocenters. The fraction of sp³-hybridized carbons (Fsp3) is 0.217. The first-order chi connectivity index (χ1) is 13.5. The summed E-state index contributed by atoms with van der Waals surface area (Å²) in [6.07, 6.45) is 1.68. The van der Waals surface area contributed by atoms with E-state index in [2.05, 4.69) is 11.1 Å². The number of rotatable bonds is 6. The van der Waals surface area contributed by atoms with E-state index in [1.807, 2.05) is 45.0 Å². The Balaban J connectivity index is 1.84. The van der Waals surface area contributed by atoms with E-state index >= 15 is 0 Å². The van der Waals surface area contributed by atoms with Crippen LogP contribution < -0.4 is 9.64 Å². The van der Waals surface area contributed by atoms with Gasteiger partial charge in [-0.3, -0.25) is 14.7 Å². The molecule has 144 valence electrons. The highest BCUT2D eigenvalue weighted by molar-refractivity contribution is 5.95. The maximum Gasteiger partial charge on any atom is 0.265 e. The SMILES string of the molecule is Cc1cc(C)c(C)c(OCC(=O)N(Cc2ccccn2)c2ccccc2O)c1. The average molecular weight is 376 g/mol. The first-order valence-electron chi connectivity index (χ1n) is 9.14. The summed E-state index contributed by atoms with van der Waals surface area (Å²) in [6.45, 7) is 6.10. The highest BCUT2D eigenvalue weighted by Gasteiger charge is 2.20. The second kappa shape index (κ2) is 8.57. The standard InChI is InChI=1S/C23H24N2O3/c1-16-12-17(2)18(3)22(13-16)28-15-23(27)25(14-19-8-6-7-11-24-19)20-9-4-5-10-21(20)26/h4-13,26H,14-15H2,1-3H3. The number of hydrogen-bond donors (Lipinski definition) is 1. The number of amides is 1. The minimum Gasteiger partial charge on any atom is -0.506 e. The summed E-state index contributed by atoms with van der Waals surface area (Å²) in [5.74, 6) is 0.473. The number of pyridine rings is 1. The van der Waals surface area contributed by atoms with Crippen LogP contribution in [0.5, 0.6) is 11.5 Å². The third-order valence-electron chi connectivity index (χ3n) is 4.64. The normalized spacial score (nSPS) is 10.5. The summed E-state index contributed by atoms with van der Waals surface area (Å²) in [6, 6.07) is 16.3. The number of benzene rings is 2. The maximum atomic E-state index is 13.0. The predicted molar refractivity (Wildman–Crippen MR) is 110 cm³/mol. The molecule has 3 aromatic rings. The molecule has 5 heteroatoms. The second-order valence-electron chi connectivity index (χ2n) is 6.78. The summed E-state index contributed by atoms with van der Waals surface area (Å²) in [5, 5.41) is 10.3. The van der Waals surface area contributed by atoms with Crippen LogP contribution in [0.2, 0.25) is 0 Å². The van der Waals surface area contributed by atoms with E-state index in [-0.39, 0.29) is 24.8 Å². The number of aryl methyl sites for hydroxylation is 2. The lowest BCUT2D eigenvalue weighted by Crippen LogP contribution is -2.35. The van der Waals surface area contributed by atoms with E-state index < -0.39 is 0 Å². The number of anilines is 1. The number of phenols is 1. The number of phenolic OH excluding ortho intramolecular Hbond substituents is 1. The Hall–Kier alpha value is -3.34. The number of ether oxygens (including phenoxy) is 1.